The van der Waals surface area contributed by atoms with Gasteiger partial charge in [0.05, 0.1) is 28.3 Å². The molecule has 1 aliphatic heterocycles. The third-order valence-electron chi connectivity index (χ3n) is 5.14. The average molecular weight is 440 g/mol. The highest BCUT2D eigenvalue weighted by Crippen LogP contribution is 2.28. The summed E-state index contributed by atoms with van der Waals surface area (Å²) >= 11 is 0. The van der Waals surface area contributed by atoms with E-state index in [0.717, 1.165) is 5.39 Å². The minimum Gasteiger partial charge on any atom is -0.369 e. The molecule has 1 atom stereocenters. The van der Waals surface area contributed by atoms with Crippen LogP contribution in [-0.4, -0.2) is 49.4 Å². The van der Waals surface area contributed by atoms with E-state index in [0.29, 0.717) is 16.8 Å². The van der Waals surface area contributed by atoms with Crippen LogP contribution in [0, 0.1) is 0 Å². The van der Waals surface area contributed by atoms with Crippen molar-refractivity contribution in [1.82, 2.24) is 14.6 Å². The summed E-state index contributed by atoms with van der Waals surface area (Å²) in [4.78, 5) is 17.8. The molecular formula is C23H25N3O4S. The van der Waals surface area contributed by atoms with Crippen LogP contribution in [0.4, 0.5) is 0 Å². The van der Waals surface area contributed by atoms with Crippen molar-refractivity contribution < 1.29 is 17.9 Å². The number of hydrogen-bond donors (Lipinski definition) is 1. The summed E-state index contributed by atoms with van der Waals surface area (Å²) in [5, 5.41) is 3.67. The number of sulfonamides is 1. The Hall–Kier alpha value is -2.81. The third-order valence-corrected chi connectivity index (χ3v) is 7.02. The first-order chi connectivity index (χ1) is 14.9. The van der Waals surface area contributed by atoms with Crippen molar-refractivity contribution in [2.24, 2.45) is 0 Å². The molecule has 1 aliphatic rings. The molecule has 0 radical (unpaired) electrons. The van der Waals surface area contributed by atoms with Crippen molar-refractivity contribution in [3.8, 4) is 0 Å². The van der Waals surface area contributed by atoms with Gasteiger partial charge in [-0.15, -0.1) is 0 Å². The molecule has 0 bridgehead atoms. The number of nitrogens with zero attached hydrogens (tertiary/aromatic N) is 2. The number of rotatable bonds is 5. The molecule has 7 nitrogen and oxygen atoms in total. The van der Waals surface area contributed by atoms with Gasteiger partial charge in [-0.25, -0.2) is 13.4 Å². The summed E-state index contributed by atoms with van der Waals surface area (Å²) < 4.78 is 33.4. The number of fused-ring (bicyclic) bond motifs is 1. The van der Waals surface area contributed by atoms with Crippen molar-refractivity contribution in [3.05, 3.63) is 71.9 Å². The SMILES string of the molecule is CC(C)NC(=O)c1cc([C@@H]2CN(S(=O)(=O)c3ccccc3)CCO2)nc2ccccc12. The third kappa shape index (κ3) is 4.46. The van der Waals surface area contributed by atoms with Crippen LogP contribution in [-0.2, 0) is 14.8 Å². The minimum atomic E-state index is -3.64. The molecule has 4 rings (SSSR count). The second-order valence-electron chi connectivity index (χ2n) is 7.78. The van der Waals surface area contributed by atoms with E-state index in [1.165, 1.54) is 4.31 Å². The number of morpholine rings is 1. The van der Waals surface area contributed by atoms with Crippen LogP contribution in [0.2, 0.25) is 0 Å². The largest absolute Gasteiger partial charge is 0.369 e. The van der Waals surface area contributed by atoms with Crippen molar-refractivity contribution in [1.29, 1.82) is 0 Å². The monoisotopic (exact) mass is 439 g/mol. The van der Waals surface area contributed by atoms with Crippen LogP contribution in [0.15, 0.2) is 65.6 Å². The first kappa shape index (κ1) is 21.4. The molecule has 31 heavy (non-hydrogen) atoms. The van der Waals surface area contributed by atoms with Crippen LogP contribution < -0.4 is 5.32 Å². The zero-order valence-corrected chi connectivity index (χ0v) is 18.3. The fourth-order valence-electron chi connectivity index (χ4n) is 3.65. The lowest BCUT2D eigenvalue weighted by atomic mass is 10.0. The van der Waals surface area contributed by atoms with E-state index in [9.17, 15) is 13.2 Å². The van der Waals surface area contributed by atoms with Gasteiger partial charge < -0.3 is 10.1 Å². The molecule has 0 unspecified atom stereocenters. The highest BCUT2D eigenvalue weighted by molar-refractivity contribution is 7.89. The summed E-state index contributed by atoms with van der Waals surface area (Å²) in [5.41, 5.74) is 1.71. The zero-order valence-electron chi connectivity index (χ0n) is 17.5. The summed E-state index contributed by atoms with van der Waals surface area (Å²) in [5.74, 6) is -0.195. The number of aromatic nitrogens is 1. The lowest BCUT2D eigenvalue weighted by Crippen LogP contribution is -2.42. The smallest absolute Gasteiger partial charge is 0.252 e. The Morgan fingerprint density at radius 3 is 2.58 bits per heavy atom. The number of carbonyl (C=O) groups is 1. The van der Waals surface area contributed by atoms with Crippen molar-refractivity contribution in [3.63, 3.8) is 0 Å². The Morgan fingerprint density at radius 1 is 1.13 bits per heavy atom. The molecular weight excluding hydrogens is 414 g/mol. The number of carbonyl (C=O) groups excluding carboxylic acids is 1. The first-order valence-electron chi connectivity index (χ1n) is 10.2. The summed E-state index contributed by atoms with van der Waals surface area (Å²) in [6.07, 6.45) is -0.567. The van der Waals surface area contributed by atoms with E-state index >= 15 is 0 Å². The lowest BCUT2D eigenvalue weighted by molar-refractivity contribution is -0.00479. The van der Waals surface area contributed by atoms with E-state index < -0.39 is 16.1 Å². The number of benzene rings is 2. The molecule has 2 heterocycles. The van der Waals surface area contributed by atoms with Gasteiger partial charge in [0, 0.05) is 24.5 Å². The van der Waals surface area contributed by atoms with Crippen LogP contribution in [0.25, 0.3) is 10.9 Å². The summed E-state index contributed by atoms with van der Waals surface area (Å²) in [6, 6.07) is 17.5. The Kier molecular flexibility index (Phi) is 6.04. The molecule has 0 saturated carbocycles. The van der Waals surface area contributed by atoms with Crippen molar-refractivity contribution in [2.75, 3.05) is 19.7 Å². The van der Waals surface area contributed by atoms with E-state index in [1.807, 2.05) is 38.1 Å². The second kappa shape index (κ2) is 8.74. The predicted octanol–water partition coefficient (Wildman–Crippen LogP) is 3.14. The van der Waals surface area contributed by atoms with Crippen LogP contribution in [0.1, 0.15) is 36.0 Å². The number of hydrogen-bond acceptors (Lipinski definition) is 5. The summed E-state index contributed by atoms with van der Waals surface area (Å²) in [7, 11) is -3.64. The second-order valence-corrected chi connectivity index (χ2v) is 9.71. The van der Waals surface area contributed by atoms with Gasteiger partial charge in [-0.2, -0.15) is 4.31 Å². The van der Waals surface area contributed by atoms with Crippen LogP contribution in [0.5, 0.6) is 0 Å². The maximum atomic E-state index is 13.1. The first-order valence-corrected chi connectivity index (χ1v) is 11.7. The number of nitrogens with one attached hydrogen (secondary N) is 1. The fraction of sp³-hybridized carbons (Fsp3) is 0.304. The summed E-state index contributed by atoms with van der Waals surface area (Å²) in [6.45, 7) is 4.45. The van der Waals surface area contributed by atoms with Crippen LogP contribution in [0.3, 0.4) is 0 Å². The molecule has 8 heteroatoms. The lowest BCUT2D eigenvalue weighted by Gasteiger charge is -2.32. The van der Waals surface area contributed by atoms with Gasteiger partial charge in [0.2, 0.25) is 10.0 Å². The topological polar surface area (TPSA) is 88.6 Å². The maximum Gasteiger partial charge on any atom is 0.252 e. The van der Waals surface area contributed by atoms with E-state index in [1.54, 1.807) is 36.4 Å². The molecule has 0 aliphatic carbocycles. The van der Waals surface area contributed by atoms with E-state index in [-0.39, 0.29) is 36.5 Å². The van der Waals surface area contributed by atoms with Crippen molar-refractivity contribution >= 4 is 26.8 Å². The molecule has 162 valence electrons. The predicted molar refractivity (Wildman–Crippen MR) is 118 cm³/mol. The molecule has 0 spiro atoms. The fourth-order valence-corrected chi connectivity index (χ4v) is 5.10. The molecule has 1 N–H and O–H groups in total. The van der Waals surface area contributed by atoms with Crippen LogP contribution >= 0.6 is 0 Å². The number of amides is 1. The Bertz CT molecular complexity index is 1200. The minimum absolute atomic E-state index is 0.0136. The number of pyridine rings is 1. The Morgan fingerprint density at radius 2 is 1.84 bits per heavy atom. The van der Waals surface area contributed by atoms with Gasteiger partial charge in [-0.05, 0) is 38.1 Å². The van der Waals surface area contributed by atoms with Gasteiger partial charge in [0.15, 0.2) is 0 Å². The highest BCUT2D eigenvalue weighted by atomic mass is 32.2. The molecule has 1 aromatic heterocycles. The average Bonchev–Trinajstić information content (AvgIpc) is 2.78. The van der Waals surface area contributed by atoms with Gasteiger partial charge >= 0.3 is 0 Å². The molecule has 1 fully saturated rings. The van der Waals surface area contributed by atoms with Gasteiger partial charge in [-0.3, -0.25) is 4.79 Å². The quantitative estimate of drug-likeness (QED) is 0.660. The van der Waals surface area contributed by atoms with Crippen molar-refractivity contribution in [2.45, 2.75) is 30.9 Å². The van der Waals surface area contributed by atoms with E-state index in [4.69, 9.17) is 4.74 Å². The standard InChI is InChI=1S/C23H25N3O4S/c1-16(2)24-23(27)19-14-21(25-20-11-7-6-10-18(19)20)22-15-26(12-13-30-22)31(28,29)17-8-4-3-5-9-17/h3-11,14,16,22H,12-13,15H2,1-2H3,(H,24,27)/t22-/m0/s1. The molecule has 3 aromatic rings. The van der Waals surface area contributed by atoms with Gasteiger partial charge in [0.25, 0.3) is 5.91 Å². The number of para-hydroxylation sites is 1. The van der Waals surface area contributed by atoms with E-state index in [2.05, 4.69) is 10.3 Å². The zero-order chi connectivity index (χ0) is 22.0. The molecule has 1 saturated heterocycles. The van der Waals surface area contributed by atoms with Gasteiger partial charge in [0.1, 0.15) is 6.10 Å². The highest BCUT2D eigenvalue weighted by Gasteiger charge is 2.32. The maximum absolute atomic E-state index is 13.1. The molecule has 2 aromatic carbocycles. The van der Waals surface area contributed by atoms with Gasteiger partial charge in [-0.1, -0.05) is 36.4 Å². The normalized spacial score (nSPS) is 17.7. The number of ether oxygens (including phenoxy) is 1. The Balaban J connectivity index is 1.69. The molecule has 1 amide bonds. The Labute approximate surface area is 182 Å².